The maximum atomic E-state index is 11.4. The van der Waals surface area contributed by atoms with Crippen LogP contribution in [0.2, 0.25) is 0 Å². The molecule has 0 heterocycles. The second-order valence-electron chi connectivity index (χ2n) is 5.22. The minimum Gasteiger partial charge on any atom is -0.370 e. The number of hydrogen-bond acceptors (Lipinski definition) is 2. The highest BCUT2D eigenvalue weighted by Gasteiger charge is 2.33. The largest absolute Gasteiger partial charge is 0.370 e. The number of primary amides is 1. The molecule has 0 spiro atoms. The zero-order valence-corrected chi connectivity index (χ0v) is 11.6. The summed E-state index contributed by atoms with van der Waals surface area (Å²) in [6.07, 6.45) is 1.23. The third kappa shape index (κ3) is 3.84. The average molecular weight is 248 g/mol. The summed E-state index contributed by atoms with van der Waals surface area (Å²) in [5.74, 6) is 0.226. The van der Waals surface area contributed by atoms with E-state index in [1.54, 1.807) is 0 Å². The monoisotopic (exact) mass is 248 g/mol. The first-order valence-corrected chi connectivity index (χ1v) is 6.59. The van der Waals surface area contributed by atoms with Crippen LogP contribution in [0.4, 0.5) is 0 Å². The second-order valence-corrected chi connectivity index (χ2v) is 5.22. The third-order valence-corrected chi connectivity index (χ3v) is 3.07. The van der Waals surface area contributed by atoms with Crippen LogP contribution in [-0.2, 0) is 10.3 Å². The molecule has 1 atom stereocenters. The molecule has 0 saturated heterocycles. The summed E-state index contributed by atoms with van der Waals surface area (Å²) < 4.78 is 0. The molecule has 1 aromatic carbocycles. The molecule has 3 nitrogen and oxygen atoms in total. The van der Waals surface area contributed by atoms with Crippen molar-refractivity contribution >= 4 is 5.91 Å². The number of nitrogens with two attached hydrogens (primary N) is 1. The molecule has 1 aromatic rings. The van der Waals surface area contributed by atoms with Crippen molar-refractivity contribution in [3.63, 3.8) is 0 Å². The van der Waals surface area contributed by atoms with Crippen molar-refractivity contribution in [2.45, 2.75) is 39.2 Å². The van der Waals surface area contributed by atoms with Gasteiger partial charge in [-0.05, 0) is 24.4 Å². The Morgan fingerprint density at radius 1 is 1.33 bits per heavy atom. The fraction of sp³-hybridized carbons (Fsp3) is 0.533. The predicted octanol–water partition coefficient (Wildman–Crippen LogP) is 2.41. The van der Waals surface area contributed by atoms with Crippen LogP contribution in [0.15, 0.2) is 30.3 Å². The van der Waals surface area contributed by atoms with E-state index in [1.807, 2.05) is 18.2 Å². The molecule has 0 aliphatic rings. The number of benzene rings is 1. The molecule has 18 heavy (non-hydrogen) atoms. The molecule has 0 saturated carbocycles. The molecule has 1 amide bonds. The summed E-state index contributed by atoms with van der Waals surface area (Å²) in [7, 11) is 0. The van der Waals surface area contributed by atoms with Crippen LogP contribution >= 0.6 is 0 Å². The van der Waals surface area contributed by atoms with E-state index < -0.39 is 0 Å². The van der Waals surface area contributed by atoms with E-state index in [4.69, 9.17) is 5.73 Å². The molecule has 0 radical (unpaired) electrons. The van der Waals surface area contributed by atoms with E-state index in [9.17, 15) is 4.79 Å². The summed E-state index contributed by atoms with van der Waals surface area (Å²) in [4.78, 5) is 11.4. The molecule has 1 unspecified atom stereocenters. The van der Waals surface area contributed by atoms with Crippen LogP contribution in [0.25, 0.3) is 0 Å². The summed E-state index contributed by atoms with van der Waals surface area (Å²) >= 11 is 0. The predicted molar refractivity (Wildman–Crippen MR) is 75.1 cm³/mol. The molecule has 0 aliphatic heterocycles. The molecule has 0 bridgehead atoms. The van der Waals surface area contributed by atoms with Crippen molar-refractivity contribution in [3.8, 4) is 0 Å². The van der Waals surface area contributed by atoms with E-state index >= 15 is 0 Å². The summed E-state index contributed by atoms with van der Waals surface area (Å²) in [5, 5.41) is 3.47. The van der Waals surface area contributed by atoms with Crippen LogP contribution in [0.5, 0.6) is 0 Å². The highest BCUT2D eigenvalue weighted by Crippen LogP contribution is 2.32. The number of rotatable bonds is 7. The van der Waals surface area contributed by atoms with E-state index in [0.717, 1.165) is 18.5 Å². The van der Waals surface area contributed by atoms with Crippen LogP contribution in [-0.4, -0.2) is 12.5 Å². The van der Waals surface area contributed by atoms with Crippen molar-refractivity contribution in [1.29, 1.82) is 0 Å². The minimum absolute atomic E-state index is 0.263. The Labute approximate surface area is 110 Å². The fourth-order valence-electron chi connectivity index (χ4n) is 2.62. The quantitative estimate of drug-likeness (QED) is 0.778. The number of hydrogen-bond donors (Lipinski definition) is 2. The standard InChI is InChI=1S/C15H24N2O/c1-4-17-15(10-12(2)3,11-14(16)18)13-8-6-5-7-9-13/h5-9,12,17H,4,10-11H2,1-3H3,(H2,16,18). The average Bonchev–Trinajstić information content (AvgIpc) is 2.28. The van der Waals surface area contributed by atoms with Crippen molar-refractivity contribution in [2.24, 2.45) is 11.7 Å². The number of carbonyl (C=O) groups excluding carboxylic acids is 1. The Balaban J connectivity index is 3.14. The van der Waals surface area contributed by atoms with Gasteiger partial charge in [0.05, 0.1) is 5.54 Å². The Bertz CT molecular complexity index is 375. The highest BCUT2D eigenvalue weighted by molar-refractivity contribution is 5.75. The topological polar surface area (TPSA) is 55.1 Å². The molecular weight excluding hydrogens is 224 g/mol. The molecule has 3 heteroatoms. The summed E-state index contributed by atoms with van der Waals surface area (Å²) in [6, 6.07) is 10.1. The van der Waals surface area contributed by atoms with Crippen molar-refractivity contribution in [3.05, 3.63) is 35.9 Å². The van der Waals surface area contributed by atoms with Crippen LogP contribution < -0.4 is 11.1 Å². The minimum atomic E-state index is -0.337. The second kappa shape index (κ2) is 6.55. The van der Waals surface area contributed by atoms with Gasteiger partial charge in [0.25, 0.3) is 0 Å². The van der Waals surface area contributed by atoms with Gasteiger partial charge in [0, 0.05) is 6.42 Å². The summed E-state index contributed by atoms with van der Waals surface area (Å²) in [6.45, 7) is 7.19. The van der Waals surface area contributed by atoms with Gasteiger partial charge in [-0.25, -0.2) is 0 Å². The molecule has 0 fully saturated rings. The first-order valence-electron chi connectivity index (χ1n) is 6.59. The molecule has 100 valence electrons. The fourth-order valence-corrected chi connectivity index (χ4v) is 2.62. The molecule has 0 aromatic heterocycles. The lowest BCUT2D eigenvalue weighted by atomic mass is 9.79. The van der Waals surface area contributed by atoms with Gasteiger partial charge in [-0.15, -0.1) is 0 Å². The smallest absolute Gasteiger partial charge is 0.219 e. The molecule has 0 aliphatic carbocycles. The lowest BCUT2D eigenvalue weighted by molar-refractivity contribution is -0.119. The Morgan fingerprint density at radius 3 is 2.39 bits per heavy atom. The third-order valence-electron chi connectivity index (χ3n) is 3.07. The van der Waals surface area contributed by atoms with Gasteiger partial charge < -0.3 is 11.1 Å². The van der Waals surface area contributed by atoms with Crippen molar-refractivity contribution < 1.29 is 4.79 Å². The first kappa shape index (κ1) is 14.7. The maximum Gasteiger partial charge on any atom is 0.219 e. The van der Waals surface area contributed by atoms with E-state index in [2.05, 4.69) is 38.2 Å². The van der Waals surface area contributed by atoms with Gasteiger partial charge in [-0.1, -0.05) is 51.1 Å². The Morgan fingerprint density at radius 2 is 1.94 bits per heavy atom. The number of amides is 1. The van der Waals surface area contributed by atoms with Gasteiger partial charge in [0.2, 0.25) is 5.91 Å². The van der Waals surface area contributed by atoms with Gasteiger partial charge in [-0.3, -0.25) is 4.79 Å². The van der Waals surface area contributed by atoms with Crippen LogP contribution in [0, 0.1) is 5.92 Å². The van der Waals surface area contributed by atoms with Crippen LogP contribution in [0.3, 0.4) is 0 Å². The number of nitrogens with one attached hydrogen (secondary N) is 1. The zero-order chi connectivity index (χ0) is 13.6. The van der Waals surface area contributed by atoms with Gasteiger partial charge in [0.1, 0.15) is 0 Å². The summed E-state index contributed by atoms with van der Waals surface area (Å²) in [5.41, 5.74) is 6.24. The van der Waals surface area contributed by atoms with Crippen molar-refractivity contribution in [1.82, 2.24) is 5.32 Å². The number of carbonyl (C=O) groups is 1. The van der Waals surface area contributed by atoms with Gasteiger partial charge in [0.15, 0.2) is 0 Å². The lowest BCUT2D eigenvalue weighted by Crippen LogP contribution is -2.46. The zero-order valence-electron chi connectivity index (χ0n) is 11.6. The Hall–Kier alpha value is -1.35. The Kier molecular flexibility index (Phi) is 5.35. The van der Waals surface area contributed by atoms with Crippen LogP contribution in [0.1, 0.15) is 39.2 Å². The highest BCUT2D eigenvalue weighted by atomic mass is 16.1. The normalized spacial score (nSPS) is 14.4. The van der Waals surface area contributed by atoms with E-state index in [0.29, 0.717) is 12.3 Å². The molecule has 3 N–H and O–H groups in total. The van der Waals surface area contributed by atoms with Gasteiger partial charge >= 0.3 is 0 Å². The van der Waals surface area contributed by atoms with Gasteiger partial charge in [-0.2, -0.15) is 0 Å². The van der Waals surface area contributed by atoms with Crippen molar-refractivity contribution in [2.75, 3.05) is 6.54 Å². The molecule has 1 rings (SSSR count). The molecular formula is C15H24N2O. The SMILES string of the molecule is CCNC(CC(N)=O)(CC(C)C)c1ccccc1. The maximum absolute atomic E-state index is 11.4. The first-order chi connectivity index (χ1) is 8.50. The van der Waals surface area contributed by atoms with E-state index in [-0.39, 0.29) is 11.4 Å². The lowest BCUT2D eigenvalue weighted by Gasteiger charge is -2.36. The van der Waals surface area contributed by atoms with E-state index in [1.165, 1.54) is 0 Å².